The van der Waals surface area contributed by atoms with Gasteiger partial charge in [-0.15, -0.1) is 0 Å². The van der Waals surface area contributed by atoms with Gasteiger partial charge < -0.3 is 20.3 Å². The number of halogens is 1. The van der Waals surface area contributed by atoms with E-state index in [2.05, 4.69) is 10.6 Å². The topological polar surface area (TPSA) is 87.7 Å². The first-order valence-electron chi connectivity index (χ1n) is 9.74. The largest absolute Gasteiger partial charge is 0.383 e. The minimum atomic E-state index is -0.475. The SMILES string of the molecule is COCCNC(=O)[C@@H]1CCCN1C(=O)c1ccc(NC(=O)c2cccc(Cl)c2)cc1. The van der Waals surface area contributed by atoms with Crippen molar-refractivity contribution in [3.8, 4) is 0 Å². The van der Waals surface area contributed by atoms with Crippen molar-refractivity contribution < 1.29 is 19.1 Å². The van der Waals surface area contributed by atoms with E-state index in [4.69, 9.17) is 16.3 Å². The lowest BCUT2D eigenvalue weighted by molar-refractivity contribution is -0.125. The van der Waals surface area contributed by atoms with E-state index in [1.54, 1.807) is 60.5 Å². The first kappa shape index (κ1) is 21.8. The molecule has 30 heavy (non-hydrogen) atoms. The van der Waals surface area contributed by atoms with Gasteiger partial charge >= 0.3 is 0 Å². The zero-order valence-corrected chi connectivity index (χ0v) is 17.4. The number of hydrogen-bond donors (Lipinski definition) is 2. The second-order valence-electron chi connectivity index (χ2n) is 6.98. The van der Waals surface area contributed by atoms with Crippen LogP contribution in [0.3, 0.4) is 0 Å². The number of carbonyl (C=O) groups excluding carboxylic acids is 3. The highest BCUT2D eigenvalue weighted by Crippen LogP contribution is 2.21. The zero-order chi connectivity index (χ0) is 21.5. The average Bonchev–Trinajstić information content (AvgIpc) is 3.24. The van der Waals surface area contributed by atoms with Gasteiger partial charge in [0.1, 0.15) is 6.04 Å². The molecule has 1 aliphatic heterocycles. The van der Waals surface area contributed by atoms with Gasteiger partial charge in [-0.2, -0.15) is 0 Å². The molecule has 3 amide bonds. The van der Waals surface area contributed by atoms with E-state index in [-0.39, 0.29) is 17.7 Å². The van der Waals surface area contributed by atoms with Crippen molar-refractivity contribution in [3.63, 3.8) is 0 Å². The van der Waals surface area contributed by atoms with Crippen molar-refractivity contribution >= 4 is 35.0 Å². The standard InChI is InChI=1S/C22H24ClN3O4/c1-30-13-11-24-21(28)19-6-3-12-26(19)22(29)15-7-9-18(10-8-15)25-20(27)16-4-2-5-17(23)14-16/h2,4-5,7-10,14,19H,3,6,11-13H2,1H3,(H,24,28)(H,25,27)/t19-/m0/s1. The third kappa shape index (κ3) is 5.37. The molecule has 0 spiro atoms. The Kier molecular flexibility index (Phi) is 7.43. The molecule has 3 rings (SSSR count). The summed E-state index contributed by atoms with van der Waals surface area (Å²) in [5.74, 6) is -0.653. The minimum absolute atomic E-state index is 0.164. The number of amides is 3. The normalized spacial score (nSPS) is 15.7. The van der Waals surface area contributed by atoms with Crippen molar-refractivity contribution in [3.05, 3.63) is 64.7 Å². The smallest absolute Gasteiger partial charge is 0.255 e. The summed E-state index contributed by atoms with van der Waals surface area (Å²) in [6, 6.07) is 12.8. The number of ether oxygens (including phenoxy) is 1. The van der Waals surface area contributed by atoms with E-state index in [9.17, 15) is 14.4 Å². The fourth-order valence-corrected chi connectivity index (χ4v) is 3.56. The van der Waals surface area contributed by atoms with Crippen LogP contribution in [0.1, 0.15) is 33.6 Å². The third-order valence-electron chi connectivity index (χ3n) is 4.90. The maximum absolute atomic E-state index is 12.9. The summed E-state index contributed by atoms with van der Waals surface area (Å²) >= 11 is 5.92. The lowest BCUT2D eigenvalue weighted by Crippen LogP contribution is -2.46. The predicted octanol–water partition coefficient (Wildman–Crippen LogP) is 2.96. The second-order valence-corrected chi connectivity index (χ2v) is 7.42. The Balaban J connectivity index is 1.63. The number of likely N-dealkylation sites (tertiary alicyclic amines) is 1. The van der Waals surface area contributed by atoms with Gasteiger partial charge in [0, 0.05) is 42.0 Å². The molecule has 1 aliphatic rings. The summed E-state index contributed by atoms with van der Waals surface area (Å²) in [5.41, 5.74) is 1.47. The molecular formula is C22H24ClN3O4. The number of carbonyl (C=O) groups is 3. The fraction of sp³-hybridized carbons (Fsp3) is 0.318. The van der Waals surface area contributed by atoms with E-state index in [0.717, 1.165) is 6.42 Å². The molecular weight excluding hydrogens is 406 g/mol. The minimum Gasteiger partial charge on any atom is -0.383 e. The Morgan fingerprint density at radius 1 is 1.13 bits per heavy atom. The summed E-state index contributed by atoms with van der Waals surface area (Å²) in [7, 11) is 1.57. The van der Waals surface area contributed by atoms with Crippen LogP contribution in [0.5, 0.6) is 0 Å². The van der Waals surface area contributed by atoms with E-state index in [1.807, 2.05) is 0 Å². The number of methoxy groups -OCH3 is 1. The quantitative estimate of drug-likeness (QED) is 0.662. The van der Waals surface area contributed by atoms with Crippen LogP contribution >= 0.6 is 11.6 Å². The molecule has 1 fully saturated rings. The van der Waals surface area contributed by atoms with Crippen LogP contribution in [0.2, 0.25) is 5.02 Å². The number of anilines is 1. The van der Waals surface area contributed by atoms with Gasteiger partial charge in [0.05, 0.1) is 6.61 Å². The van der Waals surface area contributed by atoms with E-state index in [1.165, 1.54) is 0 Å². The lowest BCUT2D eigenvalue weighted by atomic mass is 10.1. The molecule has 8 heteroatoms. The van der Waals surface area contributed by atoms with Gasteiger partial charge in [-0.25, -0.2) is 0 Å². The Bertz CT molecular complexity index is 917. The Morgan fingerprint density at radius 2 is 1.90 bits per heavy atom. The van der Waals surface area contributed by atoms with Crippen LogP contribution in [-0.2, 0) is 9.53 Å². The highest BCUT2D eigenvalue weighted by Gasteiger charge is 2.34. The summed E-state index contributed by atoms with van der Waals surface area (Å²) in [5, 5.41) is 6.06. The number of rotatable bonds is 7. The molecule has 1 heterocycles. The number of benzene rings is 2. The molecule has 0 unspecified atom stereocenters. The molecule has 2 aromatic rings. The van der Waals surface area contributed by atoms with Crippen molar-refractivity contribution in [2.45, 2.75) is 18.9 Å². The van der Waals surface area contributed by atoms with Crippen molar-refractivity contribution in [2.75, 3.05) is 32.1 Å². The first-order chi connectivity index (χ1) is 14.5. The monoisotopic (exact) mass is 429 g/mol. The van der Waals surface area contributed by atoms with Crippen molar-refractivity contribution in [1.29, 1.82) is 0 Å². The molecule has 0 radical (unpaired) electrons. The fourth-order valence-electron chi connectivity index (χ4n) is 3.37. The maximum Gasteiger partial charge on any atom is 0.255 e. The number of nitrogens with zero attached hydrogens (tertiary/aromatic N) is 1. The van der Waals surface area contributed by atoms with Gasteiger partial charge in [-0.05, 0) is 55.3 Å². The highest BCUT2D eigenvalue weighted by atomic mass is 35.5. The summed E-state index contributed by atoms with van der Waals surface area (Å²) in [6.45, 7) is 1.37. The van der Waals surface area contributed by atoms with Gasteiger partial charge in [0.2, 0.25) is 5.91 Å². The van der Waals surface area contributed by atoms with E-state index in [0.29, 0.717) is 48.0 Å². The molecule has 158 valence electrons. The van der Waals surface area contributed by atoms with Crippen LogP contribution in [0.4, 0.5) is 5.69 Å². The van der Waals surface area contributed by atoms with E-state index < -0.39 is 6.04 Å². The van der Waals surface area contributed by atoms with Crippen LogP contribution < -0.4 is 10.6 Å². The number of nitrogens with one attached hydrogen (secondary N) is 2. The van der Waals surface area contributed by atoms with Gasteiger partial charge in [0.25, 0.3) is 11.8 Å². The second kappa shape index (κ2) is 10.2. The molecule has 2 N–H and O–H groups in total. The highest BCUT2D eigenvalue weighted by molar-refractivity contribution is 6.31. The van der Waals surface area contributed by atoms with Crippen molar-refractivity contribution in [1.82, 2.24) is 10.2 Å². The summed E-state index contributed by atoms with van der Waals surface area (Å²) in [4.78, 5) is 39.2. The molecule has 0 bridgehead atoms. The molecule has 0 aromatic heterocycles. The molecule has 1 saturated heterocycles. The Labute approximate surface area is 180 Å². The molecule has 0 aliphatic carbocycles. The average molecular weight is 430 g/mol. The molecule has 2 aromatic carbocycles. The summed E-state index contributed by atoms with van der Waals surface area (Å²) in [6.07, 6.45) is 1.42. The van der Waals surface area contributed by atoms with Crippen molar-refractivity contribution in [2.24, 2.45) is 0 Å². The number of hydrogen-bond acceptors (Lipinski definition) is 4. The Morgan fingerprint density at radius 3 is 2.60 bits per heavy atom. The Hall–Kier alpha value is -2.90. The van der Waals surface area contributed by atoms with Gasteiger partial charge in [-0.3, -0.25) is 14.4 Å². The zero-order valence-electron chi connectivity index (χ0n) is 16.7. The van der Waals surface area contributed by atoms with Crippen LogP contribution in [0, 0.1) is 0 Å². The molecule has 7 nitrogen and oxygen atoms in total. The van der Waals surface area contributed by atoms with Crippen LogP contribution in [0.15, 0.2) is 48.5 Å². The maximum atomic E-state index is 12.9. The lowest BCUT2D eigenvalue weighted by Gasteiger charge is -2.24. The third-order valence-corrected chi connectivity index (χ3v) is 5.13. The predicted molar refractivity (Wildman–Crippen MR) is 115 cm³/mol. The van der Waals surface area contributed by atoms with Gasteiger partial charge in [-0.1, -0.05) is 17.7 Å². The first-order valence-corrected chi connectivity index (χ1v) is 10.1. The molecule has 1 atom stereocenters. The molecule has 0 saturated carbocycles. The van der Waals surface area contributed by atoms with Crippen LogP contribution in [-0.4, -0.2) is 55.5 Å². The van der Waals surface area contributed by atoms with Gasteiger partial charge in [0.15, 0.2) is 0 Å². The summed E-state index contributed by atoms with van der Waals surface area (Å²) < 4.78 is 4.94. The van der Waals surface area contributed by atoms with Crippen LogP contribution in [0.25, 0.3) is 0 Å². The van der Waals surface area contributed by atoms with E-state index >= 15 is 0 Å².